The molecule has 2 aromatic rings. The normalized spacial score (nSPS) is 12.4. The molecule has 20 heavy (non-hydrogen) atoms. The van der Waals surface area contributed by atoms with Gasteiger partial charge < -0.3 is 9.64 Å². The van der Waals surface area contributed by atoms with Gasteiger partial charge >= 0.3 is 5.97 Å². The van der Waals surface area contributed by atoms with Gasteiger partial charge in [0.05, 0.1) is 23.6 Å². The summed E-state index contributed by atoms with van der Waals surface area (Å²) >= 11 is 1.67. The molecule has 1 aromatic carbocycles. The van der Waals surface area contributed by atoms with Gasteiger partial charge in [0, 0.05) is 6.20 Å². The summed E-state index contributed by atoms with van der Waals surface area (Å²) < 4.78 is 4.69. The Hall–Kier alpha value is -1.72. The van der Waals surface area contributed by atoms with Crippen molar-refractivity contribution in [1.29, 1.82) is 0 Å². The van der Waals surface area contributed by atoms with Crippen LogP contribution < -0.4 is 0 Å². The summed E-state index contributed by atoms with van der Waals surface area (Å²) in [6.45, 7) is 2.13. The zero-order chi connectivity index (χ0) is 14.7. The van der Waals surface area contributed by atoms with Gasteiger partial charge in [0.25, 0.3) is 0 Å². The Bertz CT molecular complexity index is 590. The molecule has 0 N–H and O–H groups in total. The number of thiazole rings is 1. The molecule has 106 valence electrons. The average Bonchev–Trinajstić information content (AvgIpc) is 2.95. The first-order valence-electron chi connectivity index (χ1n) is 6.34. The maximum absolute atomic E-state index is 11.4. The van der Waals surface area contributed by atoms with Crippen molar-refractivity contribution in [2.24, 2.45) is 0 Å². The third-order valence-electron chi connectivity index (χ3n) is 3.25. The Morgan fingerprint density at radius 1 is 1.30 bits per heavy atom. The number of ether oxygens (including phenoxy) is 1. The molecule has 0 aliphatic rings. The summed E-state index contributed by atoms with van der Waals surface area (Å²) in [5.74, 6) is -0.317. The van der Waals surface area contributed by atoms with Gasteiger partial charge in [-0.2, -0.15) is 0 Å². The molecule has 5 heteroatoms. The number of carbonyl (C=O) groups is 1. The lowest BCUT2D eigenvalue weighted by Gasteiger charge is -2.16. The molecule has 0 spiro atoms. The first kappa shape index (κ1) is 14.7. The van der Waals surface area contributed by atoms with Crippen molar-refractivity contribution in [3.63, 3.8) is 0 Å². The van der Waals surface area contributed by atoms with E-state index < -0.39 is 0 Å². The molecule has 0 amide bonds. The van der Waals surface area contributed by atoms with Crippen molar-refractivity contribution >= 4 is 17.3 Å². The molecule has 0 saturated carbocycles. The molecule has 1 atom stereocenters. The van der Waals surface area contributed by atoms with Crippen LogP contribution in [0.25, 0.3) is 10.4 Å². The minimum Gasteiger partial charge on any atom is -0.465 e. The molecule has 4 nitrogen and oxygen atoms in total. The number of nitrogens with zero attached hydrogens (tertiary/aromatic N) is 2. The van der Waals surface area contributed by atoms with Gasteiger partial charge in [-0.1, -0.05) is 12.1 Å². The third kappa shape index (κ3) is 3.05. The first-order valence-corrected chi connectivity index (χ1v) is 7.15. The Morgan fingerprint density at radius 3 is 2.50 bits per heavy atom. The highest BCUT2D eigenvalue weighted by Crippen LogP contribution is 2.30. The second-order valence-corrected chi connectivity index (χ2v) is 5.83. The standard InChI is InChI=1S/C15H18N2O2S/c1-10(17(2)3)14-16-9-13(20-14)11-5-7-12(8-6-11)15(18)19-4/h5-10H,1-4H3/t10-/m0/s1. The number of hydrogen-bond donors (Lipinski definition) is 0. The van der Waals surface area contributed by atoms with Crippen LogP contribution in [0, 0.1) is 0 Å². The number of carbonyl (C=O) groups excluding carboxylic acids is 1. The van der Waals surface area contributed by atoms with E-state index in [4.69, 9.17) is 0 Å². The molecule has 0 fully saturated rings. The highest BCUT2D eigenvalue weighted by atomic mass is 32.1. The number of hydrogen-bond acceptors (Lipinski definition) is 5. The Balaban J connectivity index is 2.22. The number of rotatable bonds is 4. The van der Waals surface area contributed by atoms with Gasteiger partial charge in [-0.25, -0.2) is 9.78 Å². The first-order chi connectivity index (χ1) is 9.52. The molecule has 0 unspecified atom stereocenters. The van der Waals surface area contributed by atoms with Gasteiger partial charge in [-0.3, -0.25) is 0 Å². The minimum atomic E-state index is -0.317. The topological polar surface area (TPSA) is 42.4 Å². The van der Waals surface area contributed by atoms with Crippen LogP contribution in [0.3, 0.4) is 0 Å². The van der Waals surface area contributed by atoms with E-state index in [0.717, 1.165) is 15.4 Å². The minimum absolute atomic E-state index is 0.295. The van der Waals surface area contributed by atoms with Crippen LogP contribution in [0.1, 0.15) is 28.3 Å². The average molecular weight is 290 g/mol. The molecule has 1 aromatic heterocycles. The molecule has 0 aliphatic carbocycles. The predicted octanol–water partition coefficient (Wildman–Crippen LogP) is 3.22. The molecular formula is C15H18N2O2S. The molecule has 0 aliphatic heterocycles. The lowest BCUT2D eigenvalue weighted by Crippen LogP contribution is -2.16. The lowest BCUT2D eigenvalue weighted by molar-refractivity contribution is 0.0601. The van der Waals surface area contributed by atoms with Crippen molar-refractivity contribution in [2.75, 3.05) is 21.2 Å². The van der Waals surface area contributed by atoms with Crippen LogP contribution >= 0.6 is 11.3 Å². The molecule has 1 heterocycles. The maximum Gasteiger partial charge on any atom is 0.337 e. The number of benzene rings is 1. The van der Waals surface area contributed by atoms with Crippen molar-refractivity contribution in [2.45, 2.75) is 13.0 Å². The SMILES string of the molecule is COC(=O)c1ccc(-c2cnc([C@H](C)N(C)C)s2)cc1. The number of aromatic nitrogens is 1. The van der Waals surface area contributed by atoms with Crippen molar-refractivity contribution in [3.05, 3.63) is 41.0 Å². The monoisotopic (exact) mass is 290 g/mol. The fourth-order valence-corrected chi connectivity index (χ4v) is 2.79. The second-order valence-electron chi connectivity index (χ2n) is 4.77. The summed E-state index contributed by atoms with van der Waals surface area (Å²) in [4.78, 5) is 19.1. The van der Waals surface area contributed by atoms with E-state index in [0.29, 0.717) is 11.6 Å². The molecule has 0 bridgehead atoms. The van der Waals surface area contributed by atoms with Gasteiger partial charge in [0.1, 0.15) is 5.01 Å². The van der Waals surface area contributed by atoms with Crippen LogP contribution in [0.15, 0.2) is 30.5 Å². The summed E-state index contributed by atoms with van der Waals surface area (Å²) in [5.41, 5.74) is 1.62. The third-order valence-corrected chi connectivity index (χ3v) is 4.46. The molecular weight excluding hydrogens is 272 g/mol. The van der Waals surface area contributed by atoms with E-state index in [1.807, 2.05) is 32.4 Å². The van der Waals surface area contributed by atoms with E-state index in [1.54, 1.807) is 23.5 Å². The van der Waals surface area contributed by atoms with Gasteiger partial charge in [0.15, 0.2) is 0 Å². The fourth-order valence-electron chi connectivity index (χ4n) is 1.72. The Morgan fingerprint density at radius 2 is 1.95 bits per heavy atom. The zero-order valence-electron chi connectivity index (χ0n) is 12.1. The zero-order valence-corrected chi connectivity index (χ0v) is 12.9. The van der Waals surface area contributed by atoms with Crippen LogP contribution in [0.5, 0.6) is 0 Å². The lowest BCUT2D eigenvalue weighted by atomic mass is 10.1. The highest BCUT2D eigenvalue weighted by molar-refractivity contribution is 7.15. The summed E-state index contributed by atoms with van der Waals surface area (Å²) in [7, 11) is 5.46. The van der Waals surface area contributed by atoms with E-state index in [1.165, 1.54) is 7.11 Å². The summed E-state index contributed by atoms with van der Waals surface area (Å²) in [6.07, 6.45) is 1.88. The van der Waals surface area contributed by atoms with Crippen LogP contribution in [0.2, 0.25) is 0 Å². The van der Waals surface area contributed by atoms with Gasteiger partial charge in [0.2, 0.25) is 0 Å². The fraction of sp³-hybridized carbons (Fsp3) is 0.333. The Kier molecular flexibility index (Phi) is 4.52. The van der Waals surface area contributed by atoms with Crippen LogP contribution in [-0.2, 0) is 4.74 Å². The maximum atomic E-state index is 11.4. The quantitative estimate of drug-likeness (QED) is 0.811. The van der Waals surface area contributed by atoms with Crippen molar-refractivity contribution in [1.82, 2.24) is 9.88 Å². The van der Waals surface area contributed by atoms with Crippen LogP contribution in [-0.4, -0.2) is 37.1 Å². The molecule has 0 saturated heterocycles. The van der Waals surface area contributed by atoms with Crippen LogP contribution in [0.4, 0.5) is 0 Å². The number of methoxy groups -OCH3 is 1. The van der Waals surface area contributed by atoms with E-state index in [-0.39, 0.29) is 5.97 Å². The predicted molar refractivity (Wildman–Crippen MR) is 81.0 cm³/mol. The number of esters is 1. The largest absolute Gasteiger partial charge is 0.465 e. The van der Waals surface area contributed by atoms with Crippen molar-refractivity contribution < 1.29 is 9.53 Å². The van der Waals surface area contributed by atoms with E-state index in [9.17, 15) is 4.79 Å². The summed E-state index contributed by atoms with van der Waals surface area (Å²) in [6, 6.07) is 7.68. The Labute approximate surface area is 123 Å². The van der Waals surface area contributed by atoms with Gasteiger partial charge in [-0.15, -0.1) is 11.3 Å². The van der Waals surface area contributed by atoms with E-state index in [2.05, 4.69) is 21.5 Å². The highest BCUT2D eigenvalue weighted by Gasteiger charge is 2.13. The molecule has 2 rings (SSSR count). The molecule has 0 radical (unpaired) electrons. The smallest absolute Gasteiger partial charge is 0.337 e. The second kappa shape index (κ2) is 6.15. The van der Waals surface area contributed by atoms with E-state index >= 15 is 0 Å². The summed E-state index contributed by atoms with van der Waals surface area (Å²) in [5, 5.41) is 1.09. The van der Waals surface area contributed by atoms with Crippen molar-refractivity contribution in [3.8, 4) is 10.4 Å². The van der Waals surface area contributed by atoms with Gasteiger partial charge in [-0.05, 0) is 38.7 Å².